The van der Waals surface area contributed by atoms with Gasteiger partial charge in [-0.05, 0) is 56.8 Å². The number of fused-ring (bicyclic) bond motifs is 1. The van der Waals surface area contributed by atoms with Crippen molar-refractivity contribution in [1.82, 2.24) is 10.2 Å². The minimum atomic E-state index is 0.241. The van der Waals surface area contributed by atoms with E-state index in [4.69, 9.17) is 0 Å². The molecule has 4 rings (SSSR count). The smallest absolute Gasteiger partial charge is 0.225 e. The van der Waals surface area contributed by atoms with Gasteiger partial charge < -0.3 is 10.2 Å². The molecule has 4 heteroatoms. The fourth-order valence-corrected chi connectivity index (χ4v) is 4.08. The Morgan fingerprint density at radius 1 is 0.850 bits per heavy atom. The van der Waals surface area contributed by atoms with Gasteiger partial charge in [0.2, 0.25) is 11.8 Å². The number of piperidine rings is 1. The van der Waals surface area contributed by atoms with Crippen molar-refractivity contribution in [3.05, 3.63) is 0 Å². The maximum Gasteiger partial charge on any atom is 0.225 e. The van der Waals surface area contributed by atoms with Gasteiger partial charge in [-0.3, -0.25) is 9.59 Å². The summed E-state index contributed by atoms with van der Waals surface area (Å²) in [6.07, 6.45) is 7.65. The zero-order valence-corrected chi connectivity index (χ0v) is 12.0. The van der Waals surface area contributed by atoms with Gasteiger partial charge in [0.1, 0.15) is 0 Å². The van der Waals surface area contributed by atoms with Crippen LogP contribution in [0.5, 0.6) is 0 Å². The van der Waals surface area contributed by atoms with Crippen LogP contribution in [0.25, 0.3) is 0 Å². The number of carbonyl (C=O) groups is 2. The van der Waals surface area contributed by atoms with Gasteiger partial charge in [0.15, 0.2) is 0 Å². The van der Waals surface area contributed by atoms with Crippen molar-refractivity contribution < 1.29 is 9.59 Å². The first-order valence-corrected chi connectivity index (χ1v) is 8.30. The third-order valence-corrected chi connectivity index (χ3v) is 5.69. The summed E-state index contributed by atoms with van der Waals surface area (Å²) < 4.78 is 0. The van der Waals surface area contributed by atoms with Crippen LogP contribution in [0.15, 0.2) is 0 Å². The second-order valence-electron chi connectivity index (χ2n) is 7.31. The Bertz CT molecular complexity index is 414. The highest BCUT2D eigenvalue weighted by Crippen LogP contribution is 2.54. The van der Waals surface area contributed by atoms with Gasteiger partial charge in [0, 0.05) is 31.0 Å². The summed E-state index contributed by atoms with van der Waals surface area (Å²) >= 11 is 0. The predicted octanol–water partition coefficient (Wildman–Crippen LogP) is 1.55. The van der Waals surface area contributed by atoms with E-state index >= 15 is 0 Å². The number of nitrogens with zero attached hydrogens (tertiary/aromatic N) is 1. The Morgan fingerprint density at radius 3 is 2.10 bits per heavy atom. The van der Waals surface area contributed by atoms with E-state index in [1.807, 2.05) is 0 Å². The Hall–Kier alpha value is -1.06. The summed E-state index contributed by atoms with van der Waals surface area (Å²) in [6.45, 7) is 1.67. The van der Waals surface area contributed by atoms with Crippen LogP contribution in [0.2, 0.25) is 0 Å². The third-order valence-electron chi connectivity index (χ3n) is 5.69. The van der Waals surface area contributed by atoms with Crippen molar-refractivity contribution >= 4 is 11.8 Å². The minimum absolute atomic E-state index is 0.241. The predicted molar refractivity (Wildman–Crippen MR) is 74.8 cm³/mol. The van der Waals surface area contributed by atoms with Gasteiger partial charge in [-0.2, -0.15) is 0 Å². The van der Waals surface area contributed by atoms with Crippen molar-refractivity contribution in [3.8, 4) is 0 Å². The van der Waals surface area contributed by atoms with E-state index in [1.165, 1.54) is 6.42 Å². The number of amides is 2. The molecule has 20 heavy (non-hydrogen) atoms. The average Bonchev–Trinajstić information content (AvgIpc) is 3.38. The summed E-state index contributed by atoms with van der Waals surface area (Å²) in [5, 5.41) is 3.15. The monoisotopic (exact) mass is 276 g/mol. The highest BCUT2D eigenvalue weighted by molar-refractivity contribution is 5.81. The Kier molecular flexibility index (Phi) is 3.00. The first kappa shape index (κ1) is 12.7. The molecule has 1 heterocycles. The Balaban J connectivity index is 1.24. The average molecular weight is 276 g/mol. The van der Waals surface area contributed by atoms with Crippen molar-refractivity contribution in [1.29, 1.82) is 0 Å². The van der Waals surface area contributed by atoms with Gasteiger partial charge >= 0.3 is 0 Å². The number of carbonyl (C=O) groups excluding carboxylic acids is 2. The molecular weight excluding hydrogens is 252 g/mol. The molecule has 0 bridgehead atoms. The molecule has 110 valence electrons. The molecule has 0 aromatic heterocycles. The number of rotatable bonds is 3. The molecule has 1 N–H and O–H groups in total. The lowest BCUT2D eigenvalue weighted by Gasteiger charge is -2.34. The molecule has 0 spiro atoms. The molecule has 3 aliphatic carbocycles. The lowest BCUT2D eigenvalue weighted by molar-refractivity contribution is -0.136. The maximum atomic E-state index is 12.5. The van der Waals surface area contributed by atoms with Crippen LogP contribution in [0.1, 0.15) is 44.9 Å². The second-order valence-corrected chi connectivity index (χ2v) is 7.31. The SMILES string of the molecule is O=C(NC1CCN(C(=O)C2CC3CC3C2)CC1)C1CC1. The molecule has 2 amide bonds. The van der Waals surface area contributed by atoms with E-state index < -0.39 is 0 Å². The minimum Gasteiger partial charge on any atom is -0.353 e. The zero-order chi connectivity index (χ0) is 13.7. The third kappa shape index (κ3) is 2.45. The van der Waals surface area contributed by atoms with Crippen molar-refractivity contribution in [3.63, 3.8) is 0 Å². The molecule has 1 aliphatic heterocycles. The van der Waals surface area contributed by atoms with E-state index in [2.05, 4.69) is 10.2 Å². The molecule has 2 atom stereocenters. The highest BCUT2D eigenvalue weighted by Gasteiger charge is 2.49. The molecule has 0 aromatic carbocycles. The number of nitrogens with one attached hydrogen (secondary N) is 1. The van der Waals surface area contributed by atoms with Crippen LogP contribution in [0.3, 0.4) is 0 Å². The topological polar surface area (TPSA) is 49.4 Å². The van der Waals surface area contributed by atoms with Crippen LogP contribution >= 0.6 is 0 Å². The fourth-order valence-electron chi connectivity index (χ4n) is 4.08. The number of hydrogen-bond donors (Lipinski definition) is 1. The molecule has 1 saturated heterocycles. The van der Waals surface area contributed by atoms with Gasteiger partial charge in [-0.1, -0.05) is 0 Å². The van der Waals surface area contributed by atoms with E-state index in [9.17, 15) is 9.59 Å². The van der Waals surface area contributed by atoms with E-state index in [0.29, 0.717) is 23.8 Å². The van der Waals surface area contributed by atoms with Crippen LogP contribution in [-0.4, -0.2) is 35.8 Å². The normalized spacial score (nSPS) is 36.6. The Morgan fingerprint density at radius 2 is 1.50 bits per heavy atom. The van der Waals surface area contributed by atoms with E-state index in [0.717, 1.165) is 63.5 Å². The molecule has 4 nitrogen and oxygen atoms in total. The number of likely N-dealkylation sites (tertiary alicyclic amines) is 1. The van der Waals surface area contributed by atoms with Crippen LogP contribution in [-0.2, 0) is 9.59 Å². The molecule has 2 unspecified atom stereocenters. The molecular formula is C16H24N2O2. The summed E-state index contributed by atoms with van der Waals surface area (Å²) in [5.74, 6) is 2.99. The quantitative estimate of drug-likeness (QED) is 0.850. The lowest BCUT2D eigenvalue weighted by Crippen LogP contribution is -2.48. The maximum absolute atomic E-state index is 12.5. The largest absolute Gasteiger partial charge is 0.353 e. The van der Waals surface area contributed by atoms with Crippen molar-refractivity contribution in [2.45, 2.75) is 51.0 Å². The fraction of sp³-hybridized carbons (Fsp3) is 0.875. The standard InChI is InChI=1S/C16H24N2O2/c19-15(10-1-2-10)17-14-3-5-18(6-4-14)16(20)13-8-11-7-12(11)9-13/h10-14H,1-9H2,(H,17,19). The second kappa shape index (κ2) is 4.74. The molecule has 4 aliphatic rings. The zero-order valence-electron chi connectivity index (χ0n) is 12.0. The van der Waals surface area contributed by atoms with Crippen LogP contribution in [0, 0.1) is 23.7 Å². The Labute approximate surface area is 120 Å². The van der Waals surface area contributed by atoms with Gasteiger partial charge in [-0.15, -0.1) is 0 Å². The van der Waals surface area contributed by atoms with Gasteiger partial charge in [0.05, 0.1) is 0 Å². The summed E-state index contributed by atoms with van der Waals surface area (Å²) in [6, 6.07) is 0.295. The van der Waals surface area contributed by atoms with Crippen molar-refractivity contribution in [2.75, 3.05) is 13.1 Å². The van der Waals surface area contributed by atoms with Crippen LogP contribution < -0.4 is 5.32 Å². The van der Waals surface area contributed by atoms with Gasteiger partial charge in [0.25, 0.3) is 0 Å². The first-order chi connectivity index (χ1) is 9.70. The molecule has 4 fully saturated rings. The summed E-state index contributed by atoms with van der Waals surface area (Å²) in [5.41, 5.74) is 0. The first-order valence-electron chi connectivity index (χ1n) is 8.30. The molecule has 3 saturated carbocycles. The van der Waals surface area contributed by atoms with Gasteiger partial charge in [-0.25, -0.2) is 0 Å². The summed E-state index contributed by atoms with van der Waals surface area (Å²) in [7, 11) is 0. The van der Waals surface area contributed by atoms with E-state index in [-0.39, 0.29) is 5.91 Å². The number of hydrogen-bond acceptors (Lipinski definition) is 2. The molecule has 0 radical (unpaired) electrons. The lowest BCUT2D eigenvalue weighted by atomic mass is 9.98. The van der Waals surface area contributed by atoms with Crippen molar-refractivity contribution in [2.24, 2.45) is 23.7 Å². The molecule has 0 aromatic rings. The summed E-state index contributed by atoms with van der Waals surface area (Å²) in [4.78, 5) is 26.3. The highest BCUT2D eigenvalue weighted by atomic mass is 16.2. The van der Waals surface area contributed by atoms with E-state index in [1.54, 1.807) is 0 Å². The van der Waals surface area contributed by atoms with Crippen LogP contribution in [0.4, 0.5) is 0 Å².